The maximum Gasteiger partial charge on any atom is 0.377 e. The summed E-state index contributed by atoms with van der Waals surface area (Å²) in [4.78, 5) is 13.0. The van der Waals surface area contributed by atoms with Crippen LogP contribution in [0.2, 0.25) is 0 Å². The zero-order valence-corrected chi connectivity index (χ0v) is 11.8. The van der Waals surface area contributed by atoms with Gasteiger partial charge in [-0.05, 0) is 6.92 Å². The normalized spacial score (nSPS) is 19.3. The van der Waals surface area contributed by atoms with Crippen LogP contribution in [0.1, 0.15) is 13.3 Å². The summed E-state index contributed by atoms with van der Waals surface area (Å²) < 4.78 is 85.2. The highest BCUT2D eigenvalue weighted by Gasteiger charge is 2.54. The van der Waals surface area contributed by atoms with Gasteiger partial charge >= 0.3 is 24.2 Å². The van der Waals surface area contributed by atoms with Gasteiger partial charge in [-0.3, -0.25) is 4.90 Å². The van der Waals surface area contributed by atoms with E-state index in [2.05, 4.69) is 4.74 Å². The van der Waals surface area contributed by atoms with Crippen molar-refractivity contribution in [3.05, 3.63) is 0 Å². The first-order chi connectivity index (χ1) is 10.0. The third-order valence-corrected chi connectivity index (χ3v) is 3.00. The summed E-state index contributed by atoms with van der Waals surface area (Å²) in [6.45, 7) is 3.35. The van der Waals surface area contributed by atoms with Crippen molar-refractivity contribution in [2.75, 3.05) is 32.8 Å². The molecule has 22 heavy (non-hydrogen) atoms. The third-order valence-electron chi connectivity index (χ3n) is 3.00. The molecule has 0 spiro atoms. The maximum atomic E-state index is 13.3. The molecule has 1 rings (SSSR count). The Morgan fingerprint density at radius 1 is 1.23 bits per heavy atom. The summed E-state index contributed by atoms with van der Waals surface area (Å²) in [5.74, 6) is -11.9. The fourth-order valence-corrected chi connectivity index (χ4v) is 1.90. The second-order valence-electron chi connectivity index (χ2n) is 5.07. The molecule has 1 heterocycles. The maximum absolute atomic E-state index is 13.3. The molecule has 0 saturated carbocycles. The SMILES string of the molecule is CC(CN1CCOCC1)OC(=O)C(F)(F)CC(F)(F)C(F)F. The van der Waals surface area contributed by atoms with Crippen LogP contribution in [0.25, 0.3) is 0 Å². The summed E-state index contributed by atoms with van der Waals surface area (Å²) in [7, 11) is 0. The first kappa shape index (κ1) is 19.0. The summed E-state index contributed by atoms with van der Waals surface area (Å²) in [5.41, 5.74) is 0. The molecule has 130 valence electrons. The van der Waals surface area contributed by atoms with Crippen LogP contribution >= 0.6 is 0 Å². The van der Waals surface area contributed by atoms with Crippen molar-refractivity contribution in [2.45, 2.75) is 37.7 Å². The number of halogens is 6. The van der Waals surface area contributed by atoms with Gasteiger partial charge in [0, 0.05) is 19.6 Å². The molecule has 4 nitrogen and oxygen atoms in total. The minimum atomic E-state index is -4.96. The van der Waals surface area contributed by atoms with Gasteiger partial charge in [0.2, 0.25) is 0 Å². The molecular formula is C12H17F6NO3. The molecule has 1 aliphatic rings. The van der Waals surface area contributed by atoms with Crippen LogP contribution in [-0.4, -0.2) is 68.1 Å². The first-order valence-electron chi connectivity index (χ1n) is 6.59. The number of nitrogens with zero attached hydrogens (tertiary/aromatic N) is 1. The molecule has 1 aliphatic heterocycles. The van der Waals surface area contributed by atoms with Crippen LogP contribution in [0.5, 0.6) is 0 Å². The number of ether oxygens (including phenoxy) is 2. The number of hydrogen-bond donors (Lipinski definition) is 0. The number of alkyl halides is 6. The lowest BCUT2D eigenvalue weighted by molar-refractivity contribution is -0.205. The van der Waals surface area contributed by atoms with E-state index in [0.29, 0.717) is 26.3 Å². The molecule has 0 radical (unpaired) electrons. The molecule has 1 atom stereocenters. The van der Waals surface area contributed by atoms with E-state index >= 15 is 0 Å². The Bertz CT molecular complexity index is 374. The van der Waals surface area contributed by atoms with Gasteiger partial charge in [-0.15, -0.1) is 0 Å². The lowest BCUT2D eigenvalue weighted by atomic mass is 10.1. The van der Waals surface area contributed by atoms with Gasteiger partial charge < -0.3 is 9.47 Å². The number of carbonyl (C=O) groups is 1. The van der Waals surface area contributed by atoms with Gasteiger partial charge in [0.1, 0.15) is 6.10 Å². The molecule has 0 aliphatic carbocycles. The lowest BCUT2D eigenvalue weighted by Gasteiger charge is -2.29. The summed E-state index contributed by atoms with van der Waals surface area (Å²) >= 11 is 0. The van der Waals surface area contributed by atoms with E-state index in [4.69, 9.17) is 4.74 Å². The van der Waals surface area contributed by atoms with Gasteiger partial charge in [0.25, 0.3) is 0 Å². The van der Waals surface area contributed by atoms with E-state index < -0.39 is 36.8 Å². The quantitative estimate of drug-likeness (QED) is 0.527. The molecule has 0 N–H and O–H groups in total. The number of hydrogen-bond acceptors (Lipinski definition) is 4. The van der Waals surface area contributed by atoms with Gasteiger partial charge in [-0.1, -0.05) is 0 Å². The Kier molecular flexibility index (Phi) is 6.48. The molecule has 1 saturated heterocycles. The standard InChI is InChI=1S/C12H17F6NO3/c1-8(6-19-2-4-21-5-3-19)22-10(20)12(17,18)7-11(15,16)9(13)14/h8-9H,2-7H2,1H3. The Morgan fingerprint density at radius 3 is 2.27 bits per heavy atom. The van der Waals surface area contributed by atoms with E-state index in [9.17, 15) is 31.1 Å². The third kappa shape index (κ3) is 5.64. The zero-order chi connectivity index (χ0) is 17.0. The fraction of sp³-hybridized carbons (Fsp3) is 0.917. The molecule has 0 aromatic rings. The average Bonchev–Trinajstić information content (AvgIpc) is 2.38. The second kappa shape index (κ2) is 7.49. The number of carbonyl (C=O) groups excluding carboxylic acids is 1. The molecule has 0 aromatic heterocycles. The van der Waals surface area contributed by atoms with Crippen LogP contribution < -0.4 is 0 Å². The van der Waals surface area contributed by atoms with E-state index in [1.165, 1.54) is 6.92 Å². The fourth-order valence-electron chi connectivity index (χ4n) is 1.90. The highest BCUT2D eigenvalue weighted by Crippen LogP contribution is 2.35. The van der Waals surface area contributed by atoms with Crippen molar-refractivity contribution in [1.29, 1.82) is 0 Å². The molecule has 10 heteroatoms. The van der Waals surface area contributed by atoms with Crippen LogP contribution in [0, 0.1) is 0 Å². The summed E-state index contributed by atoms with van der Waals surface area (Å²) in [6, 6.07) is 0. The molecule has 0 amide bonds. The van der Waals surface area contributed by atoms with Crippen LogP contribution in [-0.2, 0) is 14.3 Å². The molecule has 1 unspecified atom stereocenters. The van der Waals surface area contributed by atoms with Gasteiger partial charge in [0.05, 0.1) is 19.6 Å². The highest BCUT2D eigenvalue weighted by atomic mass is 19.3. The smallest absolute Gasteiger partial charge is 0.377 e. The molecule has 1 fully saturated rings. The zero-order valence-electron chi connectivity index (χ0n) is 11.8. The van der Waals surface area contributed by atoms with Crippen molar-refractivity contribution in [3.8, 4) is 0 Å². The monoisotopic (exact) mass is 337 g/mol. The predicted octanol–water partition coefficient (Wildman–Crippen LogP) is 2.18. The van der Waals surface area contributed by atoms with Gasteiger partial charge in [0.15, 0.2) is 0 Å². The topological polar surface area (TPSA) is 38.8 Å². The van der Waals surface area contributed by atoms with E-state index in [-0.39, 0.29) is 6.54 Å². The largest absolute Gasteiger partial charge is 0.457 e. The van der Waals surface area contributed by atoms with E-state index in [1.807, 2.05) is 0 Å². The minimum Gasteiger partial charge on any atom is -0.457 e. The first-order valence-corrected chi connectivity index (χ1v) is 6.59. The average molecular weight is 337 g/mol. The predicted molar refractivity (Wildman–Crippen MR) is 63.3 cm³/mol. The Balaban J connectivity index is 2.51. The van der Waals surface area contributed by atoms with Crippen molar-refractivity contribution in [2.24, 2.45) is 0 Å². The van der Waals surface area contributed by atoms with Crippen molar-refractivity contribution in [3.63, 3.8) is 0 Å². The van der Waals surface area contributed by atoms with Crippen molar-refractivity contribution in [1.82, 2.24) is 4.90 Å². The Morgan fingerprint density at radius 2 is 1.77 bits per heavy atom. The Labute approximate surface area is 123 Å². The van der Waals surface area contributed by atoms with E-state index in [1.54, 1.807) is 4.90 Å². The van der Waals surface area contributed by atoms with Gasteiger partial charge in [-0.25, -0.2) is 22.4 Å². The molecule has 0 aromatic carbocycles. The number of morpholine rings is 1. The van der Waals surface area contributed by atoms with E-state index in [0.717, 1.165) is 0 Å². The Hall–Kier alpha value is -1.03. The highest BCUT2D eigenvalue weighted by molar-refractivity contribution is 5.77. The molecular weight excluding hydrogens is 320 g/mol. The summed E-state index contributed by atoms with van der Waals surface area (Å²) in [6.07, 6.45) is -7.85. The van der Waals surface area contributed by atoms with Crippen molar-refractivity contribution >= 4 is 5.97 Å². The van der Waals surface area contributed by atoms with Crippen LogP contribution in [0.4, 0.5) is 26.3 Å². The summed E-state index contributed by atoms with van der Waals surface area (Å²) in [5, 5.41) is 0. The minimum absolute atomic E-state index is 0.121. The second-order valence-corrected chi connectivity index (χ2v) is 5.07. The van der Waals surface area contributed by atoms with Crippen LogP contribution in [0.15, 0.2) is 0 Å². The lowest BCUT2D eigenvalue weighted by Crippen LogP contribution is -2.45. The van der Waals surface area contributed by atoms with Gasteiger partial charge in [-0.2, -0.15) is 8.78 Å². The molecule has 0 bridgehead atoms. The van der Waals surface area contributed by atoms with Crippen molar-refractivity contribution < 1.29 is 40.6 Å². The van der Waals surface area contributed by atoms with Crippen LogP contribution in [0.3, 0.4) is 0 Å². The number of esters is 1. The number of rotatable bonds is 7.